The van der Waals surface area contributed by atoms with Gasteiger partial charge in [0, 0.05) is 62.8 Å². The van der Waals surface area contributed by atoms with E-state index in [0.717, 1.165) is 38.3 Å². The molecule has 5 heteroatoms. The number of hydrogen-bond donors (Lipinski definition) is 0. The second-order valence-corrected chi connectivity index (χ2v) is 9.59. The summed E-state index contributed by atoms with van der Waals surface area (Å²) < 4.78 is 0. The molecule has 2 aromatic carbocycles. The van der Waals surface area contributed by atoms with Gasteiger partial charge in [-0.05, 0) is 68.7 Å². The van der Waals surface area contributed by atoms with E-state index >= 15 is 0 Å². The number of carbonyl (C=O) groups is 1. The van der Waals surface area contributed by atoms with Crippen LogP contribution in [0.25, 0.3) is 0 Å². The Bertz CT molecular complexity index is 1070. The SMILES string of the molecule is CCN(CC)C(=O)c1ccc([C@@H](c2ccccc2)N2C[C@@H](C)N(Cc3ccncc3)C[C@@H]2C)cc1. The third kappa shape index (κ3) is 5.80. The zero-order valence-corrected chi connectivity index (χ0v) is 21.5. The topological polar surface area (TPSA) is 39.7 Å². The smallest absolute Gasteiger partial charge is 0.253 e. The highest BCUT2D eigenvalue weighted by Crippen LogP contribution is 2.33. The summed E-state index contributed by atoms with van der Waals surface area (Å²) in [4.78, 5) is 24.1. The van der Waals surface area contributed by atoms with Gasteiger partial charge >= 0.3 is 0 Å². The molecule has 0 aliphatic carbocycles. The Kier molecular flexibility index (Phi) is 8.32. The molecule has 4 rings (SSSR count). The summed E-state index contributed by atoms with van der Waals surface area (Å²) in [5.74, 6) is 0.101. The molecular weight excluding hydrogens is 432 g/mol. The first-order valence-electron chi connectivity index (χ1n) is 12.8. The Morgan fingerprint density at radius 3 is 2.14 bits per heavy atom. The number of carbonyl (C=O) groups excluding carboxylic acids is 1. The average Bonchev–Trinajstić information content (AvgIpc) is 2.89. The summed E-state index contributed by atoms with van der Waals surface area (Å²) in [5.41, 5.74) is 4.58. The number of aromatic nitrogens is 1. The number of piperazine rings is 1. The van der Waals surface area contributed by atoms with E-state index in [-0.39, 0.29) is 11.9 Å². The molecule has 0 unspecified atom stereocenters. The molecule has 1 amide bonds. The first-order valence-corrected chi connectivity index (χ1v) is 12.8. The standard InChI is InChI=1S/C30H38N4O/c1-5-32(6-2)30(35)28-14-12-27(13-15-28)29(26-10-8-7-9-11-26)34-21-23(3)33(20-24(34)4)22-25-16-18-31-19-17-25/h7-19,23-24,29H,5-6,20-22H2,1-4H3/t23-,24+,29-/m1/s1. The van der Waals surface area contributed by atoms with Gasteiger partial charge in [0.25, 0.3) is 5.91 Å². The predicted molar refractivity (Wildman–Crippen MR) is 142 cm³/mol. The molecule has 184 valence electrons. The van der Waals surface area contributed by atoms with E-state index < -0.39 is 0 Å². The van der Waals surface area contributed by atoms with E-state index in [1.165, 1.54) is 16.7 Å². The fourth-order valence-corrected chi connectivity index (χ4v) is 5.24. The molecule has 1 fully saturated rings. The maximum atomic E-state index is 12.8. The minimum atomic E-state index is 0.101. The summed E-state index contributed by atoms with van der Waals surface area (Å²) in [7, 11) is 0. The molecule has 35 heavy (non-hydrogen) atoms. The number of amides is 1. The van der Waals surface area contributed by atoms with Crippen molar-refractivity contribution in [3.05, 3.63) is 101 Å². The lowest BCUT2D eigenvalue weighted by Crippen LogP contribution is -2.56. The maximum absolute atomic E-state index is 12.8. The molecule has 3 atom stereocenters. The molecule has 0 spiro atoms. The second kappa shape index (κ2) is 11.6. The van der Waals surface area contributed by atoms with E-state index in [0.29, 0.717) is 12.1 Å². The molecule has 1 saturated heterocycles. The van der Waals surface area contributed by atoms with Crippen LogP contribution in [0.2, 0.25) is 0 Å². The summed E-state index contributed by atoms with van der Waals surface area (Å²) in [6, 6.07) is 24.2. The zero-order chi connectivity index (χ0) is 24.8. The van der Waals surface area contributed by atoms with Crippen molar-refractivity contribution in [1.82, 2.24) is 19.7 Å². The fourth-order valence-electron chi connectivity index (χ4n) is 5.24. The molecule has 3 aromatic rings. The maximum Gasteiger partial charge on any atom is 0.253 e. The summed E-state index contributed by atoms with van der Waals surface area (Å²) >= 11 is 0. The molecule has 0 radical (unpaired) electrons. The number of pyridine rings is 1. The van der Waals surface area contributed by atoms with Crippen molar-refractivity contribution in [2.45, 2.75) is 52.4 Å². The summed E-state index contributed by atoms with van der Waals surface area (Å²) in [5, 5.41) is 0. The van der Waals surface area contributed by atoms with Crippen LogP contribution in [0.15, 0.2) is 79.1 Å². The largest absolute Gasteiger partial charge is 0.339 e. The number of benzene rings is 2. The fraction of sp³-hybridized carbons (Fsp3) is 0.400. The van der Waals surface area contributed by atoms with Crippen molar-refractivity contribution in [3.63, 3.8) is 0 Å². The molecule has 1 aromatic heterocycles. The highest BCUT2D eigenvalue weighted by atomic mass is 16.2. The van der Waals surface area contributed by atoms with Crippen LogP contribution in [0, 0.1) is 0 Å². The highest BCUT2D eigenvalue weighted by molar-refractivity contribution is 5.94. The summed E-state index contributed by atoms with van der Waals surface area (Å²) in [6.45, 7) is 13.1. The number of nitrogens with zero attached hydrogens (tertiary/aromatic N) is 4. The van der Waals surface area contributed by atoms with Crippen LogP contribution in [-0.4, -0.2) is 63.9 Å². The molecule has 5 nitrogen and oxygen atoms in total. The van der Waals surface area contributed by atoms with Crippen LogP contribution in [0.3, 0.4) is 0 Å². The number of hydrogen-bond acceptors (Lipinski definition) is 4. The number of rotatable bonds is 8. The third-order valence-electron chi connectivity index (χ3n) is 7.27. The molecule has 0 N–H and O–H groups in total. The second-order valence-electron chi connectivity index (χ2n) is 9.59. The van der Waals surface area contributed by atoms with E-state index in [9.17, 15) is 4.79 Å². The predicted octanol–water partition coefficient (Wildman–Crippen LogP) is 5.25. The van der Waals surface area contributed by atoms with Gasteiger partial charge in [0.15, 0.2) is 0 Å². The molecule has 2 heterocycles. The van der Waals surface area contributed by atoms with Crippen molar-refractivity contribution in [1.29, 1.82) is 0 Å². The van der Waals surface area contributed by atoms with Crippen LogP contribution >= 0.6 is 0 Å². The molecule has 0 bridgehead atoms. The highest BCUT2D eigenvalue weighted by Gasteiger charge is 2.34. The van der Waals surface area contributed by atoms with Crippen molar-refractivity contribution in [3.8, 4) is 0 Å². The van der Waals surface area contributed by atoms with Gasteiger partial charge in [0.05, 0.1) is 6.04 Å². The van der Waals surface area contributed by atoms with Gasteiger partial charge in [-0.15, -0.1) is 0 Å². The van der Waals surface area contributed by atoms with Crippen LogP contribution in [0.1, 0.15) is 60.8 Å². The van der Waals surface area contributed by atoms with Crippen LogP contribution < -0.4 is 0 Å². The Hall–Kier alpha value is -3.02. The lowest BCUT2D eigenvalue weighted by atomic mass is 9.93. The van der Waals surface area contributed by atoms with Gasteiger partial charge in [0.2, 0.25) is 0 Å². The Morgan fingerprint density at radius 1 is 0.886 bits per heavy atom. The lowest BCUT2D eigenvalue weighted by Gasteiger charge is -2.47. The van der Waals surface area contributed by atoms with E-state index in [1.807, 2.05) is 43.3 Å². The van der Waals surface area contributed by atoms with Crippen molar-refractivity contribution >= 4 is 5.91 Å². The normalized spacial score (nSPS) is 19.9. The molecule has 1 aliphatic heterocycles. The molecule has 0 saturated carbocycles. The lowest BCUT2D eigenvalue weighted by molar-refractivity contribution is 0.0195. The first-order chi connectivity index (χ1) is 17.0. The van der Waals surface area contributed by atoms with Crippen molar-refractivity contribution in [2.24, 2.45) is 0 Å². The van der Waals surface area contributed by atoms with Crippen LogP contribution in [-0.2, 0) is 6.54 Å². The van der Waals surface area contributed by atoms with Gasteiger partial charge in [-0.3, -0.25) is 19.6 Å². The monoisotopic (exact) mass is 470 g/mol. The van der Waals surface area contributed by atoms with E-state index in [1.54, 1.807) is 0 Å². The Labute approximate surface area is 210 Å². The van der Waals surface area contributed by atoms with Gasteiger partial charge in [0.1, 0.15) is 0 Å². The van der Waals surface area contributed by atoms with Gasteiger partial charge < -0.3 is 4.90 Å². The van der Waals surface area contributed by atoms with Gasteiger partial charge in [-0.2, -0.15) is 0 Å². The van der Waals surface area contributed by atoms with Crippen LogP contribution in [0.4, 0.5) is 0 Å². The minimum absolute atomic E-state index is 0.101. The first kappa shape index (κ1) is 25.1. The van der Waals surface area contributed by atoms with E-state index in [4.69, 9.17) is 0 Å². The van der Waals surface area contributed by atoms with Crippen molar-refractivity contribution < 1.29 is 4.79 Å². The van der Waals surface area contributed by atoms with Crippen LogP contribution in [0.5, 0.6) is 0 Å². The zero-order valence-electron chi connectivity index (χ0n) is 21.5. The van der Waals surface area contributed by atoms with E-state index in [2.05, 4.69) is 83.2 Å². The summed E-state index contributed by atoms with van der Waals surface area (Å²) in [6.07, 6.45) is 3.75. The van der Waals surface area contributed by atoms with Gasteiger partial charge in [-0.25, -0.2) is 0 Å². The van der Waals surface area contributed by atoms with Crippen molar-refractivity contribution in [2.75, 3.05) is 26.2 Å². The quantitative estimate of drug-likeness (QED) is 0.451. The Morgan fingerprint density at radius 2 is 1.51 bits per heavy atom. The van der Waals surface area contributed by atoms with Gasteiger partial charge in [-0.1, -0.05) is 42.5 Å². The Balaban J connectivity index is 1.59. The molecular formula is C30H38N4O. The average molecular weight is 471 g/mol. The minimum Gasteiger partial charge on any atom is -0.339 e. The third-order valence-corrected chi connectivity index (χ3v) is 7.27. The molecule has 1 aliphatic rings.